The van der Waals surface area contributed by atoms with E-state index < -0.39 is 6.17 Å². The van der Waals surface area contributed by atoms with Crippen LogP contribution in [0.2, 0.25) is 0 Å². The largest absolute Gasteiger partial charge is 0.300 e. The van der Waals surface area contributed by atoms with Gasteiger partial charge in [-0.25, -0.2) is 4.39 Å². The van der Waals surface area contributed by atoms with Crippen LogP contribution in [-0.2, 0) is 0 Å². The van der Waals surface area contributed by atoms with E-state index in [2.05, 4.69) is 18.7 Å². The van der Waals surface area contributed by atoms with Crippen molar-refractivity contribution in [3.05, 3.63) is 0 Å². The Morgan fingerprint density at radius 2 is 2.13 bits per heavy atom. The molecule has 1 atom stereocenters. The monoisotopic (exact) mass is 213 g/mol. The van der Waals surface area contributed by atoms with Gasteiger partial charge < -0.3 is 0 Å². The first-order chi connectivity index (χ1) is 7.10. The molecule has 2 fully saturated rings. The first kappa shape index (κ1) is 11.4. The van der Waals surface area contributed by atoms with Crippen molar-refractivity contribution in [3.63, 3.8) is 0 Å². The molecule has 0 aromatic carbocycles. The summed E-state index contributed by atoms with van der Waals surface area (Å²) < 4.78 is 13.3. The third kappa shape index (κ3) is 3.17. The minimum Gasteiger partial charge on any atom is -0.300 e. The minimum atomic E-state index is -0.561. The quantitative estimate of drug-likeness (QED) is 0.693. The van der Waals surface area contributed by atoms with E-state index in [1.54, 1.807) is 0 Å². The second-order valence-electron chi connectivity index (χ2n) is 6.07. The minimum absolute atomic E-state index is 0.561. The SMILES string of the molecule is CC(C)CC1(CN2CCC[C@H](F)C2)CC1. The number of alkyl halides is 1. The summed E-state index contributed by atoms with van der Waals surface area (Å²) in [5, 5.41) is 0. The fraction of sp³-hybridized carbons (Fsp3) is 1.00. The van der Waals surface area contributed by atoms with E-state index in [4.69, 9.17) is 0 Å². The topological polar surface area (TPSA) is 3.24 Å². The number of halogens is 1. The van der Waals surface area contributed by atoms with Crippen LogP contribution in [0.5, 0.6) is 0 Å². The van der Waals surface area contributed by atoms with Crippen LogP contribution in [0.15, 0.2) is 0 Å². The Balaban J connectivity index is 1.80. The molecule has 1 saturated heterocycles. The zero-order valence-electron chi connectivity index (χ0n) is 10.1. The van der Waals surface area contributed by atoms with Gasteiger partial charge in [-0.3, -0.25) is 4.90 Å². The van der Waals surface area contributed by atoms with Gasteiger partial charge in [-0.2, -0.15) is 0 Å². The highest BCUT2D eigenvalue weighted by atomic mass is 19.1. The molecule has 2 rings (SSSR count). The van der Waals surface area contributed by atoms with Crippen molar-refractivity contribution in [2.24, 2.45) is 11.3 Å². The highest BCUT2D eigenvalue weighted by Crippen LogP contribution is 2.51. The van der Waals surface area contributed by atoms with E-state index in [9.17, 15) is 4.39 Å². The predicted molar refractivity (Wildman–Crippen MR) is 61.7 cm³/mol. The first-order valence-electron chi connectivity index (χ1n) is 6.46. The molecule has 2 heteroatoms. The predicted octanol–water partition coefficient (Wildman–Crippen LogP) is 3.25. The number of nitrogens with zero attached hydrogens (tertiary/aromatic N) is 1. The van der Waals surface area contributed by atoms with Crippen LogP contribution in [0, 0.1) is 11.3 Å². The molecule has 0 unspecified atom stereocenters. The Hall–Kier alpha value is -0.110. The number of hydrogen-bond acceptors (Lipinski definition) is 1. The summed E-state index contributed by atoms with van der Waals surface area (Å²) in [5.41, 5.74) is 0.575. The maximum atomic E-state index is 13.3. The standard InChI is InChI=1S/C13H24FN/c1-11(2)8-13(5-6-13)10-15-7-3-4-12(14)9-15/h11-12H,3-10H2,1-2H3/t12-/m0/s1. The van der Waals surface area contributed by atoms with Gasteiger partial charge in [0.25, 0.3) is 0 Å². The maximum absolute atomic E-state index is 13.3. The summed E-state index contributed by atoms with van der Waals surface area (Å²) in [6, 6.07) is 0. The van der Waals surface area contributed by atoms with Gasteiger partial charge in [0.2, 0.25) is 0 Å². The average molecular weight is 213 g/mol. The number of piperidine rings is 1. The fourth-order valence-corrected chi connectivity index (χ4v) is 3.09. The summed E-state index contributed by atoms with van der Waals surface area (Å²) >= 11 is 0. The average Bonchev–Trinajstić information content (AvgIpc) is 2.83. The molecule has 0 radical (unpaired) electrons. The van der Waals surface area contributed by atoms with Crippen LogP contribution >= 0.6 is 0 Å². The van der Waals surface area contributed by atoms with Gasteiger partial charge in [-0.05, 0) is 50.0 Å². The van der Waals surface area contributed by atoms with Crippen molar-refractivity contribution in [1.29, 1.82) is 0 Å². The van der Waals surface area contributed by atoms with Gasteiger partial charge in [0.05, 0.1) is 0 Å². The summed E-state index contributed by atoms with van der Waals surface area (Å²) in [7, 11) is 0. The van der Waals surface area contributed by atoms with E-state index >= 15 is 0 Å². The van der Waals surface area contributed by atoms with Crippen LogP contribution in [-0.4, -0.2) is 30.7 Å². The molecule has 0 bridgehead atoms. The van der Waals surface area contributed by atoms with E-state index in [0.29, 0.717) is 12.0 Å². The molecular weight excluding hydrogens is 189 g/mol. The molecule has 2 aliphatic rings. The molecule has 1 heterocycles. The van der Waals surface area contributed by atoms with Gasteiger partial charge in [-0.1, -0.05) is 13.8 Å². The van der Waals surface area contributed by atoms with Crippen molar-refractivity contribution < 1.29 is 4.39 Å². The number of hydrogen-bond donors (Lipinski definition) is 0. The molecule has 1 saturated carbocycles. The Morgan fingerprint density at radius 1 is 1.40 bits per heavy atom. The van der Waals surface area contributed by atoms with Crippen LogP contribution in [0.3, 0.4) is 0 Å². The highest BCUT2D eigenvalue weighted by Gasteiger charge is 2.44. The van der Waals surface area contributed by atoms with Crippen molar-refractivity contribution in [3.8, 4) is 0 Å². The van der Waals surface area contributed by atoms with E-state index in [1.165, 1.54) is 19.3 Å². The fourth-order valence-electron chi connectivity index (χ4n) is 3.09. The normalized spacial score (nSPS) is 30.8. The van der Waals surface area contributed by atoms with Crippen LogP contribution in [0.1, 0.15) is 46.0 Å². The van der Waals surface area contributed by atoms with Crippen LogP contribution in [0.25, 0.3) is 0 Å². The zero-order chi connectivity index (χ0) is 10.9. The molecular formula is C13H24FN. The first-order valence-corrected chi connectivity index (χ1v) is 6.46. The van der Waals surface area contributed by atoms with Gasteiger partial charge in [0.15, 0.2) is 0 Å². The lowest BCUT2D eigenvalue weighted by Gasteiger charge is -2.32. The smallest absolute Gasteiger partial charge is 0.113 e. The molecule has 0 aromatic rings. The van der Waals surface area contributed by atoms with E-state index in [-0.39, 0.29) is 0 Å². The summed E-state index contributed by atoms with van der Waals surface area (Å²) in [6.45, 7) is 7.58. The van der Waals surface area contributed by atoms with E-state index in [0.717, 1.165) is 31.8 Å². The third-order valence-electron chi connectivity index (χ3n) is 3.81. The Bertz CT molecular complexity index is 211. The third-order valence-corrected chi connectivity index (χ3v) is 3.81. The molecule has 0 amide bonds. The lowest BCUT2D eigenvalue weighted by molar-refractivity contribution is 0.111. The van der Waals surface area contributed by atoms with Gasteiger partial charge >= 0.3 is 0 Å². The maximum Gasteiger partial charge on any atom is 0.113 e. The van der Waals surface area contributed by atoms with Crippen LogP contribution < -0.4 is 0 Å². The highest BCUT2D eigenvalue weighted by molar-refractivity contribution is 4.96. The number of likely N-dealkylation sites (tertiary alicyclic amines) is 1. The number of rotatable bonds is 4. The van der Waals surface area contributed by atoms with Gasteiger partial charge in [0, 0.05) is 13.1 Å². The summed E-state index contributed by atoms with van der Waals surface area (Å²) in [5.74, 6) is 0.790. The second-order valence-corrected chi connectivity index (χ2v) is 6.07. The van der Waals surface area contributed by atoms with Crippen molar-refractivity contribution in [2.45, 2.75) is 52.1 Å². The molecule has 15 heavy (non-hydrogen) atoms. The molecule has 1 nitrogen and oxygen atoms in total. The molecule has 0 N–H and O–H groups in total. The van der Waals surface area contributed by atoms with E-state index in [1.807, 2.05) is 0 Å². The summed E-state index contributed by atoms with van der Waals surface area (Å²) in [6.07, 6.45) is 5.36. The molecule has 1 aliphatic heterocycles. The second kappa shape index (κ2) is 4.40. The van der Waals surface area contributed by atoms with Crippen molar-refractivity contribution in [1.82, 2.24) is 4.90 Å². The Morgan fingerprint density at radius 3 is 2.67 bits per heavy atom. The lowest BCUT2D eigenvalue weighted by atomic mass is 9.93. The van der Waals surface area contributed by atoms with Crippen LogP contribution in [0.4, 0.5) is 4.39 Å². The lowest BCUT2D eigenvalue weighted by Crippen LogP contribution is -2.40. The van der Waals surface area contributed by atoms with Gasteiger partial charge in [0.1, 0.15) is 6.17 Å². The Labute approximate surface area is 93.0 Å². The zero-order valence-corrected chi connectivity index (χ0v) is 10.1. The molecule has 88 valence electrons. The molecule has 1 aliphatic carbocycles. The van der Waals surface area contributed by atoms with Crippen molar-refractivity contribution >= 4 is 0 Å². The Kier molecular flexibility index (Phi) is 3.34. The van der Waals surface area contributed by atoms with Gasteiger partial charge in [-0.15, -0.1) is 0 Å². The molecule has 0 aromatic heterocycles. The molecule has 0 spiro atoms. The van der Waals surface area contributed by atoms with Crippen molar-refractivity contribution in [2.75, 3.05) is 19.6 Å². The summed E-state index contributed by atoms with van der Waals surface area (Å²) in [4.78, 5) is 2.36.